The highest BCUT2D eigenvalue weighted by Gasteiger charge is 2.19. The summed E-state index contributed by atoms with van der Waals surface area (Å²) in [6.45, 7) is 8.45. The van der Waals surface area contributed by atoms with Crippen molar-refractivity contribution in [3.63, 3.8) is 0 Å². The molecule has 0 saturated heterocycles. The number of carbonyl (C=O) groups is 1. The summed E-state index contributed by atoms with van der Waals surface area (Å²) in [5.74, 6) is 0. The minimum atomic E-state index is 0.371. The lowest BCUT2D eigenvalue weighted by Gasteiger charge is -2.06. The van der Waals surface area contributed by atoms with Crippen LogP contribution in [-0.4, -0.2) is 21.1 Å². The summed E-state index contributed by atoms with van der Waals surface area (Å²) in [4.78, 5) is 15.6. The van der Waals surface area contributed by atoms with E-state index in [2.05, 4.69) is 16.1 Å². The minimum Gasteiger partial charge on any atom is -0.296 e. The van der Waals surface area contributed by atoms with Crippen LogP contribution < -0.4 is 0 Å². The van der Waals surface area contributed by atoms with Gasteiger partial charge in [-0.3, -0.25) is 14.5 Å². The number of halogens is 1. The van der Waals surface area contributed by atoms with Crippen LogP contribution in [0, 0.1) is 20.8 Å². The summed E-state index contributed by atoms with van der Waals surface area (Å²) in [6, 6.07) is 2.06. The van der Waals surface area contributed by atoms with Gasteiger partial charge in [-0.05, 0) is 38.8 Å². The molecule has 100 valence electrons. The molecule has 2 rings (SSSR count). The van der Waals surface area contributed by atoms with E-state index in [0.717, 1.165) is 28.8 Å². The lowest BCUT2D eigenvalue weighted by molar-refractivity contribution is 0.111. The molecule has 0 aliphatic rings. The van der Waals surface area contributed by atoms with Crippen molar-refractivity contribution in [1.82, 2.24) is 14.8 Å². The average molecular weight is 278 g/mol. The lowest BCUT2D eigenvalue weighted by atomic mass is 10.1. The van der Waals surface area contributed by atoms with Gasteiger partial charge in [0.25, 0.3) is 0 Å². The number of aromatic nitrogens is 3. The molecule has 0 spiro atoms. The first-order valence-electron chi connectivity index (χ1n) is 6.16. The Bertz CT molecular complexity index is 647. The number of hydrogen-bond acceptors (Lipinski definition) is 3. The summed E-state index contributed by atoms with van der Waals surface area (Å²) >= 11 is 6.25. The lowest BCUT2D eigenvalue weighted by Crippen LogP contribution is -2.01. The van der Waals surface area contributed by atoms with Gasteiger partial charge in [-0.15, -0.1) is 0 Å². The number of carbonyl (C=O) groups excluding carboxylic acids is 1. The molecule has 0 atom stereocenters. The Kier molecular flexibility index (Phi) is 3.71. The van der Waals surface area contributed by atoms with Crippen LogP contribution in [0.1, 0.15) is 34.2 Å². The number of nitrogens with zero attached hydrogens (tertiary/aromatic N) is 3. The molecule has 2 heterocycles. The van der Waals surface area contributed by atoms with E-state index in [1.54, 1.807) is 4.68 Å². The van der Waals surface area contributed by atoms with Gasteiger partial charge in [-0.2, -0.15) is 5.10 Å². The van der Waals surface area contributed by atoms with Gasteiger partial charge in [0.05, 0.1) is 10.7 Å². The minimum absolute atomic E-state index is 0.371. The number of rotatable bonds is 3. The monoisotopic (exact) mass is 277 g/mol. The van der Waals surface area contributed by atoms with Crippen LogP contribution in [0.4, 0.5) is 0 Å². The molecule has 0 fully saturated rings. The molecular formula is C14H16ClN3O. The second-order valence-electron chi connectivity index (χ2n) is 4.54. The van der Waals surface area contributed by atoms with Gasteiger partial charge in [0.2, 0.25) is 0 Å². The Morgan fingerprint density at radius 1 is 1.26 bits per heavy atom. The molecule has 19 heavy (non-hydrogen) atoms. The average Bonchev–Trinajstić information content (AvgIpc) is 2.70. The van der Waals surface area contributed by atoms with Gasteiger partial charge in [0.15, 0.2) is 6.29 Å². The molecule has 0 unspecified atom stereocenters. The van der Waals surface area contributed by atoms with Crippen molar-refractivity contribution in [2.75, 3.05) is 0 Å². The van der Waals surface area contributed by atoms with Crippen LogP contribution in [0.2, 0.25) is 5.02 Å². The highest BCUT2D eigenvalue weighted by atomic mass is 35.5. The summed E-state index contributed by atoms with van der Waals surface area (Å²) < 4.78 is 1.60. The van der Waals surface area contributed by atoms with E-state index < -0.39 is 0 Å². The van der Waals surface area contributed by atoms with E-state index in [1.165, 1.54) is 0 Å². The zero-order chi connectivity index (χ0) is 14.2. The van der Waals surface area contributed by atoms with Crippen molar-refractivity contribution >= 4 is 17.9 Å². The molecule has 0 saturated carbocycles. The molecule has 2 aromatic rings. The second-order valence-corrected chi connectivity index (χ2v) is 4.92. The van der Waals surface area contributed by atoms with Gasteiger partial charge < -0.3 is 0 Å². The SMILES string of the molecule is CCn1nc(-c2nc(C)c(C)cc2C)c(Cl)c1C=O. The highest BCUT2D eigenvalue weighted by Crippen LogP contribution is 2.30. The molecule has 4 nitrogen and oxygen atoms in total. The van der Waals surface area contributed by atoms with E-state index in [9.17, 15) is 4.79 Å². The molecular weight excluding hydrogens is 262 g/mol. The van der Waals surface area contributed by atoms with Gasteiger partial charge in [0, 0.05) is 12.2 Å². The number of aryl methyl sites for hydroxylation is 4. The Balaban J connectivity index is 2.69. The zero-order valence-corrected chi connectivity index (χ0v) is 12.2. The Morgan fingerprint density at radius 3 is 2.47 bits per heavy atom. The molecule has 0 radical (unpaired) electrons. The topological polar surface area (TPSA) is 47.8 Å². The van der Waals surface area contributed by atoms with Crippen molar-refractivity contribution in [3.05, 3.63) is 33.6 Å². The fraction of sp³-hybridized carbons (Fsp3) is 0.357. The maximum Gasteiger partial charge on any atom is 0.169 e. The molecule has 0 aliphatic heterocycles. The van der Waals surface area contributed by atoms with E-state index in [4.69, 9.17) is 11.6 Å². The van der Waals surface area contributed by atoms with Crippen molar-refractivity contribution < 1.29 is 4.79 Å². The number of aldehydes is 1. The standard InChI is InChI=1S/C14H16ClN3O/c1-5-18-11(7-19)12(15)14(17-18)13-9(3)6-8(2)10(4)16-13/h6-7H,5H2,1-4H3. The number of hydrogen-bond donors (Lipinski definition) is 0. The first-order valence-corrected chi connectivity index (χ1v) is 6.54. The normalized spacial score (nSPS) is 10.8. The number of pyridine rings is 1. The van der Waals surface area contributed by atoms with Crippen LogP contribution in [0.5, 0.6) is 0 Å². The summed E-state index contributed by atoms with van der Waals surface area (Å²) in [5, 5.41) is 4.76. The fourth-order valence-electron chi connectivity index (χ4n) is 2.04. The van der Waals surface area contributed by atoms with E-state index in [0.29, 0.717) is 23.0 Å². The molecule has 0 aromatic carbocycles. The van der Waals surface area contributed by atoms with Crippen LogP contribution in [0.15, 0.2) is 6.07 Å². The molecule has 0 N–H and O–H groups in total. The van der Waals surface area contributed by atoms with Crippen LogP contribution in [0.25, 0.3) is 11.4 Å². The third-order valence-corrected chi connectivity index (χ3v) is 3.60. The van der Waals surface area contributed by atoms with Gasteiger partial charge >= 0.3 is 0 Å². The maximum atomic E-state index is 11.1. The van der Waals surface area contributed by atoms with Gasteiger partial charge in [-0.25, -0.2) is 0 Å². The first-order chi connectivity index (χ1) is 8.99. The van der Waals surface area contributed by atoms with Gasteiger partial charge in [-0.1, -0.05) is 17.7 Å². The molecule has 2 aromatic heterocycles. The van der Waals surface area contributed by atoms with Crippen LogP contribution >= 0.6 is 11.6 Å². The Hall–Kier alpha value is -1.68. The molecule has 0 bridgehead atoms. The quantitative estimate of drug-likeness (QED) is 0.808. The predicted octanol–water partition coefficient (Wildman–Crippen LogP) is 3.36. The first kappa shape index (κ1) is 13.7. The third kappa shape index (κ3) is 2.28. The molecule has 0 amide bonds. The van der Waals surface area contributed by atoms with Crippen LogP contribution in [-0.2, 0) is 6.54 Å². The molecule has 5 heteroatoms. The van der Waals surface area contributed by atoms with Crippen molar-refractivity contribution in [2.45, 2.75) is 34.2 Å². The van der Waals surface area contributed by atoms with Crippen molar-refractivity contribution in [2.24, 2.45) is 0 Å². The maximum absolute atomic E-state index is 11.1. The highest BCUT2D eigenvalue weighted by molar-refractivity contribution is 6.35. The second kappa shape index (κ2) is 5.13. The molecule has 0 aliphatic carbocycles. The largest absolute Gasteiger partial charge is 0.296 e. The van der Waals surface area contributed by atoms with E-state index >= 15 is 0 Å². The smallest absolute Gasteiger partial charge is 0.169 e. The van der Waals surface area contributed by atoms with Crippen LogP contribution in [0.3, 0.4) is 0 Å². The van der Waals surface area contributed by atoms with E-state index in [-0.39, 0.29) is 0 Å². The Labute approximate surface area is 117 Å². The zero-order valence-electron chi connectivity index (χ0n) is 11.5. The predicted molar refractivity (Wildman–Crippen MR) is 75.7 cm³/mol. The fourth-order valence-corrected chi connectivity index (χ4v) is 2.31. The third-order valence-electron chi connectivity index (χ3n) is 3.22. The van der Waals surface area contributed by atoms with E-state index in [1.807, 2.05) is 27.7 Å². The summed E-state index contributed by atoms with van der Waals surface area (Å²) in [5.41, 5.74) is 4.79. The van der Waals surface area contributed by atoms with Gasteiger partial charge in [0.1, 0.15) is 11.4 Å². The summed E-state index contributed by atoms with van der Waals surface area (Å²) in [6.07, 6.45) is 0.735. The van der Waals surface area contributed by atoms with Crippen molar-refractivity contribution in [1.29, 1.82) is 0 Å². The van der Waals surface area contributed by atoms with Crippen molar-refractivity contribution in [3.8, 4) is 11.4 Å². The summed E-state index contributed by atoms with van der Waals surface area (Å²) in [7, 11) is 0. The Morgan fingerprint density at radius 2 is 1.95 bits per heavy atom.